The highest BCUT2D eigenvalue weighted by Crippen LogP contribution is 2.63. The van der Waals surface area contributed by atoms with Gasteiger partial charge in [-0.15, -0.1) is 0 Å². The van der Waals surface area contributed by atoms with Gasteiger partial charge in [-0.05, 0) is 121 Å². The van der Waals surface area contributed by atoms with E-state index in [-0.39, 0.29) is 0 Å². The Bertz CT molecular complexity index is 3460. The maximum absolute atomic E-state index is 7.17. The van der Waals surface area contributed by atoms with Crippen LogP contribution in [-0.4, -0.2) is 0 Å². The number of hydrogen-bond acceptors (Lipinski definition) is 2. The predicted molar refractivity (Wildman–Crippen MR) is 253 cm³/mol. The molecule has 1 heterocycles. The van der Waals surface area contributed by atoms with Gasteiger partial charge in [-0.2, -0.15) is 0 Å². The molecule has 0 unspecified atom stereocenters. The zero-order valence-electron chi connectivity index (χ0n) is 33.2. The van der Waals surface area contributed by atoms with Gasteiger partial charge < -0.3 is 9.32 Å². The zero-order valence-corrected chi connectivity index (χ0v) is 33.2. The fourth-order valence-corrected chi connectivity index (χ4v) is 10.7. The van der Waals surface area contributed by atoms with Crippen molar-refractivity contribution < 1.29 is 4.42 Å². The standard InChI is InChI=1S/C59H37NO/c1-3-15-38(16-4-1)39-27-30-43(31-28-39)60(42-18-5-2-6-19-42)44-32-34-50-51-35-40-17-7-8-20-45(40)57(58(51)61-56(50)37-44)41-29-33-49-48-23-11-14-26-54(48)59(55(49)36-41)52-24-12-9-21-46(52)47-22-10-13-25-53(47)59/h1-37H. The van der Waals surface area contributed by atoms with Crippen LogP contribution < -0.4 is 4.90 Å². The van der Waals surface area contributed by atoms with E-state index in [0.29, 0.717) is 0 Å². The van der Waals surface area contributed by atoms with Crippen molar-refractivity contribution in [3.05, 3.63) is 247 Å². The van der Waals surface area contributed by atoms with E-state index >= 15 is 0 Å². The lowest BCUT2D eigenvalue weighted by molar-refractivity contribution is 0.670. The third-order valence-corrected chi connectivity index (χ3v) is 13.3. The summed E-state index contributed by atoms with van der Waals surface area (Å²) in [6, 6.07) is 81.9. The maximum Gasteiger partial charge on any atom is 0.143 e. The topological polar surface area (TPSA) is 16.4 Å². The molecule has 0 atom stereocenters. The molecular weight excluding hydrogens is 739 g/mol. The van der Waals surface area contributed by atoms with E-state index in [2.05, 4.69) is 229 Å². The highest BCUT2D eigenvalue weighted by Gasteiger charge is 2.51. The first-order chi connectivity index (χ1) is 30.3. The van der Waals surface area contributed by atoms with Crippen molar-refractivity contribution in [2.24, 2.45) is 0 Å². The van der Waals surface area contributed by atoms with Crippen LogP contribution in [0.25, 0.3) is 77.2 Å². The number of hydrogen-bond donors (Lipinski definition) is 0. The molecule has 0 bridgehead atoms. The number of para-hydroxylation sites is 1. The number of anilines is 3. The summed E-state index contributed by atoms with van der Waals surface area (Å²) < 4.78 is 7.17. The minimum atomic E-state index is -0.429. The average molecular weight is 776 g/mol. The molecule has 2 aliphatic rings. The van der Waals surface area contributed by atoms with Gasteiger partial charge in [-0.1, -0.05) is 170 Å². The largest absolute Gasteiger partial charge is 0.455 e. The lowest BCUT2D eigenvalue weighted by Gasteiger charge is -2.30. The molecule has 0 saturated carbocycles. The molecule has 11 aromatic rings. The van der Waals surface area contributed by atoms with Gasteiger partial charge in [0.25, 0.3) is 0 Å². The summed E-state index contributed by atoms with van der Waals surface area (Å²) in [5, 5.41) is 4.58. The fraction of sp³-hybridized carbons (Fsp3) is 0.0169. The smallest absolute Gasteiger partial charge is 0.143 e. The first kappa shape index (κ1) is 34.0. The van der Waals surface area contributed by atoms with Crippen LogP contribution in [0.2, 0.25) is 0 Å². The molecule has 0 N–H and O–H groups in total. The van der Waals surface area contributed by atoms with Crippen LogP contribution in [-0.2, 0) is 5.41 Å². The molecular formula is C59H37NO. The Morgan fingerprint density at radius 1 is 0.328 bits per heavy atom. The summed E-state index contributed by atoms with van der Waals surface area (Å²) in [6.45, 7) is 0. The predicted octanol–water partition coefficient (Wildman–Crippen LogP) is 15.9. The molecule has 0 fully saturated rings. The Hall–Kier alpha value is -7.94. The van der Waals surface area contributed by atoms with E-state index in [4.69, 9.17) is 4.42 Å². The van der Waals surface area contributed by atoms with Crippen LogP contribution in [0.4, 0.5) is 17.1 Å². The molecule has 2 aliphatic carbocycles. The molecule has 0 aliphatic heterocycles. The molecule has 10 aromatic carbocycles. The van der Waals surface area contributed by atoms with Gasteiger partial charge in [0.05, 0.1) is 5.41 Å². The van der Waals surface area contributed by atoms with Crippen LogP contribution in [0.5, 0.6) is 0 Å². The SMILES string of the molecule is c1ccc(-c2ccc(N(c3ccccc3)c3ccc4c(c3)oc3c(-c5ccc6c(c5)C5(c7ccccc7-c7ccccc75)c5ccccc5-6)c5ccccc5cc34)cc2)cc1. The first-order valence-electron chi connectivity index (χ1n) is 21.1. The Labute approximate surface area is 354 Å². The number of nitrogens with zero attached hydrogens (tertiary/aromatic N) is 1. The van der Waals surface area contributed by atoms with Crippen LogP contribution in [0, 0.1) is 0 Å². The van der Waals surface area contributed by atoms with E-state index in [1.165, 1.54) is 66.4 Å². The molecule has 284 valence electrons. The summed E-state index contributed by atoms with van der Waals surface area (Å²) in [7, 11) is 0. The second-order valence-corrected chi connectivity index (χ2v) is 16.4. The van der Waals surface area contributed by atoms with Gasteiger partial charge in [-0.3, -0.25) is 0 Å². The maximum atomic E-state index is 7.17. The van der Waals surface area contributed by atoms with Crippen molar-refractivity contribution in [2.75, 3.05) is 4.90 Å². The third-order valence-electron chi connectivity index (χ3n) is 13.3. The number of benzene rings is 10. The van der Waals surface area contributed by atoms with E-state index in [1.54, 1.807) is 0 Å². The van der Waals surface area contributed by atoms with E-state index in [0.717, 1.165) is 50.1 Å². The van der Waals surface area contributed by atoms with E-state index in [9.17, 15) is 0 Å². The molecule has 2 nitrogen and oxygen atoms in total. The summed E-state index contributed by atoms with van der Waals surface area (Å²) in [6.07, 6.45) is 0. The Morgan fingerprint density at radius 2 is 0.852 bits per heavy atom. The molecule has 0 saturated heterocycles. The Balaban J connectivity index is 1.02. The molecule has 13 rings (SSSR count). The van der Waals surface area contributed by atoms with Gasteiger partial charge in [-0.25, -0.2) is 0 Å². The highest BCUT2D eigenvalue weighted by atomic mass is 16.3. The summed E-state index contributed by atoms with van der Waals surface area (Å²) in [4.78, 5) is 2.31. The van der Waals surface area contributed by atoms with Crippen LogP contribution in [0.1, 0.15) is 22.3 Å². The average Bonchev–Trinajstić information content (AvgIpc) is 3.95. The zero-order chi connectivity index (χ0) is 40.1. The third kappa shape index (κ3) is 4.85. The van der Waals surface area contributed by atoms with Crippen LogP contribution >= 0.6 is 0 Å². The quantitative estimate of drug-likeness (QED) is 0.173. The van der Waals surface area contributed by atoms with E-state index < -0.39 is 5.41 Å². The van der Waals surface area contributed by atoms with Crippen molar-refractivity contribution in [3.63, 3.8) is 0 Å². The number of furan rings is 1. The number of rotatable bonds is 5. The van der Waals surface area contributed by atoms with Gasteiger partial charge in [0.2, 0.25) is 0 Å². The summed E-state index contributed by atoms with van der Waals surface area (Å²) >= 11 is 0. The molecule has 1 aromatic heterocycles. The Morgan fingerprint density at radius 3 is 1.54 bits per heavy atom. The molecule has 61 heavy (non-hydrogen) atoms. The van der Waals surface area contributed by atoms with Gasteiger partial charge in [0.1, 0.15) is 11.2 Å². The monoisotopic (exact) mass is 775 g/mol. The van der Waals surface area contributed by atoms with Gasteiger partial charge >= 0.3 is 0 Å². The normalized spacial score (nSPS) is 13.0. The summed E-state index contributed by atoms with van der Waals surface area (Å²) in [5.74, 6) is 0. The summed E-state index contributed by atoms with van der Waals surface area (Å²) in [5.41, 5.74) is 19.7. The van der Waals surface area contributed by atoms with Crippen molar-refractivity contribution in [3.8, 4) is 44.5 Å². The minimum absolute atomic E-state index is 0.429. The van der Waals surface area contributed by atoms with Gasteiger partial charge in [0, 0.05) is 39.5 Å². The van der Waals surface area contributed by atoms with Crippen LogP contribution in [0.15, 0.2) is 229 Å². The molecule has 1 spiro atoms. The lowest BCUT2D eigenvalue weighted by atomic mass is 9.70. The Kier molecular flexibility index (Phi) is 7.26. The fourth-order valence-electron chi connectivity index (χ4n) is 10.7. The second kappa shape index (κ2) is 13.0. The van der Waals surface area contributed by atoms with Crippen LogP contribution in [0.3, 0.4) is 0 Å². The van der Waals surface area contributed by atoms with Crippen molar-refractivity contribution >= 4 is 49.8 Å². The minimum Gasteiger partial charge on any atom is -0.455 e. The van der Waals surface area contributed by atoms with Crippen molar-refractivity contribution in [1.29, 1.82) is 0 Å². The second-order valence-electron chi connectivity index (χ2n) is 16.4. The molecule has 0 radical (unpaired) electrons. The van der Waals surface area contributed by atoms with E-state index in [1.807, 2.05) is 0 Å². The molecule has 2 heteroatoms. The number of fused-ring (bicyclic) bond motifs is 14. The van der Waals surface area contributed by atoms with Gasteiger partial charge in [0.15, 0.2) is 0 Å². The molecule has 0 amide bonds. The van der Waals surface area contributed by atoms with Crippen molar-refractivity contribution in [1.82, 2.24) is 0 Å². The highest BCUT2D eigenvalue weighted by molar-refractivity contribution is 6.19. The first-order valence-corrected chi connectivity index (χ1v) is 21.1. The lowest BCUT2D eigenvalue weighted by Crippen LogP contribution is -2.25. The van der Waals surface area contributed by atoms with Crippen molar-refractivity contribution in [2.45, 2.75) is 5.41 Å².